The van der Waals surface area contributed by atoms with Crippen molar-refractivity contribution in [3.8, 4) is 0 Å². The smallest absolute Gasteiger partial charge is 0.375 e. The van der Waals surface area contributed by atoms with E-state index < -0.39 is 17.6 Å². The molecule has 1 aromatic rings. The molecule has 0 bridgehead atoms. The molecule has 0 aliphatic rings. The van der Waals surface area contributed by atoms with Crippen LogP contribution in [0, 0.1) is 10.1 Å². The van der Waals surface area contributed by atoms with Gasteiger partial charge in [-0.1, -0.05) is 11.6 Å². The zero-order chi connectivity index (χ0) is 12.3. The van der Waals surface area contributed by atoms with Gasteiger partial charge in [0.15, 0.2) is 0 Å². The van der Waals surface area contributed by atoms with E-state index in [-0.39, 0.29) is 16.4 Å². The Bertz CT molecular complexity index is 409. The summed E-state index contributed by atoms with van der Waals surface area (Å²) in [6.07, 6.45) is -4.37. The molecule has 88 valence electrons. The Morgan fingerprint density at radius 3 is 2.50 bits per heavy atom. The maximum absolute atomic E-state index is 11.9. The molecule has 8 heteroatoms. The standard InChI is InChI=1S/C8H6ClF3N2O2/c9-6-3-5(14(15)16)1-2-7(6)13-4-8(10,11)12/h1-3,13H,4H2. The number of non-ortho nitro benzene ring substituents is 1. The number of nitro benzene ring substituents is 1. The largest absolute Gasteiger partial charge is 0.405 e. The zero-order valence-corrected chi connectivity index (χ0v) is 8.47. The molecule has 0 amide bonds. The Morgan fingerprint density at radius 1 is 1.44 bits per heavy atom. The van der Waals surface area contributed by atoms with Gasteiger partial charge in [-0.05, 0) is 6.07 Å². The molecule has 0 heterocycles. The molecule has 0 fully saturated rings. The van der Waals surface area contributed by atoms with Gasteiger partial charge >= 0.3 is 6.18 Å². The van der Waals surface area contributed by atoms with Gasteiger partial charge in [-0.3, -0.25) is 10.1 Å². The number of hydrogen-bond donors (Lipinski definition) is 1. The van der Waals surface area contributed by atoms with Gasteiger partial charge in [-0.2, -0.15) is 13.2 Å². The van der Waals surface area contributed by atoms with Gasteiger partial charge < -0.3 is 5.32 Å². The van der Waals surface area contributed by atoms with Gasteiger partial charge in [0.1, 0.15) is 6.54 Å². The van der Waals surface area contributed by atoms with Crippen LogP contribution in [0.15, 0.2) is 18.2 Å². The second-order valence-electron chi connectivity index (χ2n) is 2.89. The Kier molecular flexibility index (Phi) is 3.58. The summed E-state index contributed by atoms with van der Waals surface area (Å²) in [7, 11) is 0. The summed E-state index contributed by atoms with van der Waals surface area (Å²) < 4.78 is 35.6. The number of hydrogen-bond acceptors (Lipinski definition) is 3. The molecule has 0 aliphatic heterocycles. The molecule has 0 saturated heterocycles. The van der Waals surface area contributed by atoms with E-state index in [9.17, 15) is 23.3 Å². The predicted octanol–water partition coefficient (Wildman–Crippen LogP) is 3.22. The maximum atomic E-state index is 11.9. The van der Waals surface area contributed by atoms with Gasteiger partial charge in [0.2, 0.25) is 0 Å². The van der Waals surface area contributed by atoms with Gasteiger partial charge in [-0.25, -0.2) is 0 Å². The van der Waals surface area contributed by atoms with E-state index in [1.807, 2.05) is 5.32 Å². The molecule has 0 aliphatic carbocycles. The lowest BCUT2D eigenvalue weighted by molar-refractivity contribution is -0.384. The lowest BCUT2D eigenvalue weighted by Gasteiger charge is -2.10. The van der Waals surface area contributed by atoms with Gasteiger partial charge in [0, 0.05) is 12.1 Å². The lowest BCUT2D eigenvalue weighted by Crippen LogP contribution is -2.21. The second-order valence-corrected chi connectivity index (χ2v) is 3.30. The van der Waals surface area contributed by atoms with E-state index in [0.29, 0.717) is 0 Å². The first kappa shape index (κ1) is 12.6. The van der Waals surface area contributed by atoms with Crippen molar-refractivity contribution < 1.29 is 18.1 Å². The summed E-state index contributed by atoms with van der Waals surface area (Å²) in [5.41, 5.74) is -0.271. The molecule has 1 N–H and O–H groups in total. The third-order valence-corrected chi connectivity index (χ3v) is 1.96. The quantitative estimate of drug-likeness (QED) is 0.665. The van der Waals surface area contributed by atoms with E-state index in [1.54, 1.807) is 0 Å². The molecule has 0 aromatic heterocycles. The average Bonchev–Trinajstić information content (AvgIpc) is 2.14. The Labute approximate surface area is 93.2 Å². The number of anilines is 1. The Balaban J connectivity index is 2.80. The van der Waals surface area contributed by atoms with Crippen LogP contribution in [0.5, 0.6) is 0 Å². The molecular formula is C8H6ClF3N2O2. The molecule has 4 nitrogen and oxygen atoms in total. The van der Waals surface area contributed by atoms with Crippen LogP contribution in [0.2, 0.25) is 5.02 Å². The second kappa shape index (κ2) is 4.56. The summed E-state index contributed by atoms with van der Waals surface area (Å²) in [5.74, 6) is 0. The Hall–Kier alpha value is -1.50. The molecular weight excluding hydrogens is 249 g/mol. The van der Waals surface area contributed by atoms with Crippen molar-refractivity contribution in [3.05, 3.63) is 33.3 Å². The summed E-state index contributed by atoms with van der Waals surface area (Å²) in [6.45, 7) is -1.25. The topological polar surface area (TPSA) is 55.2 Å². The van der Waals surface area contributed by atoms with E-state index in [0.717, 1.165) is 18.2 Å². The van der Waals surface area contributed by atoms with E-state index in [2.05, 4.69) is 0 Å². The fourth-order valence-corrected chi connectivity index (χ4v) is 1.20. The minimum atomic E-state index is -4.37. The highest BCUT2D eigenvalue weighted by molar-refractivity contribution is 6.33. The third-order valence-electron chi connectivity index (χ3n) is 1.64. The normalized spacial score (nSPS) is 11.2. The van der Waals surface area contributed by atoms with Crippen LogP contribution in [0.4, 0.5) is 24.5 Å². The van der Waals surface area contributed by atoms with Gasteiger partial charge in [0.25, 0.3) is 5.69 Å². The summed E-state index contributed by atoms with van der Waals surface area (Å²) in [4.78, 5) is 9.65. The van der Waals surface area contributed by atoms with E-state index >= 15 is 0 Å². The van der Waals surface area contributed by atoms with Crippen molar-refractivity contribution in [1.29, 1.82) is 0 Å². The number of rotatable bonds is 3. The van der Waals surface area contributed by atoms with Crippen LogP contribution in [0.25, 0.3) is 0 Å². The van der Waals surface area contributed by atoms with Crippen molar-refractivity contribution in [2.24, 2.45) is 0 Å². The molecule has 16 heavy (non-hydrogen) atoms. The molecule has 0 unspecified atom stereocenters. The van der Waals surface area contributed by atoms with Gasteiger partial charge in [0.05, 0.1) is 15.6 Å². The Morgan fingerprint density at radius 2 is 2.06 bits per heavy atom. The molecule has 0 atom stereocenters. The van der Waals surface area contributed by atoms with Crippen molar-refractivity contribution in [1.82, 2.24) is 0 Å². The number of halogens is 4. The minimum absolute atomic E-state index is 0.00425. The SMILES string of the molecule is O=[N+]([O-])c1ccc(NCC(F)(F)F)c(Cl)c1. The molecule has 1 rings (SSSR count). The highest BCUT2D eigenvalue weighted by atomic mass is 35.5. The highest BCUT2D eigenvalue weighted by Gasteiger charge is 2.27. The first-order chi connectivity index (χ1) is 7.29. The van der Waals surface area contributed by atoms with Crippen LogP contribution in [-0.4, -0.2) is 17.6 Å². The molecule has 0 radical (unpaired) electrons. The monoisotopic (exact) mass is 254 g/mol. The number of nitrogens with one attached hydrogen (secondary N) is 1. The van der Waals surface area contributed by atoms with Crippen LogP contribution in [0.3, 0.4) is 0 Å². The van der Waals surface area contributed by atoms with Crippen molar-refractivity contribution >= 4 is 23.0 Å². The van der Waals surface area contributed by atoms with Gasteiger partial charge in [-0.15, -0.1) is 0 Å². The van der Waals surface area contributed by atoms with E-state index in [4.69, 9.17) is 11.6 Å². The summed E-state index contributed by atoms with van der Waals surface area (Å²) >= 11 is 5.57. The lowest BCUT2D eigenvalue weighted by atomic mass is 10.3. The average molecular weight is 255 g/mol. The highest BCUT2D eigenvalue weighted by Crippen LogP contribution is 2.27. The van der Waals surface area contributed by atoms with E-state index in [1.165, 1.54) is 0 Å². The first-order valence-corrected chi connectivity index (χ1v) is 4.42. The minimum Gasteiger partial charge on any atom is -0.375 e. The summed E-state index contributed by atoms with van der Waals surface area (Å²) in [5, 5.41) is 12.2. The van der Waals surface area contributed by atoms with Crippen molar-refractivity contribution in [2.45, 2.75) is 6.18 Å². The number of nitrogens with zero attached hydrogens (tertiary/aromatic N) is 1. The molecule has 0 saturated carbocycles. The van der Waals surface area contributed by atoms with Crippen molar-refractivity contribution in [3.63, 3.8) is 0 Å². The number of alkyl halides is 3. The van der Waals surface area contributed by atoms with Crippen LogP contribution >= 0.6 is 11.6 Å². The molecule has 0 spiro atoms. The summed E-state index contributed by atoms with van der Waals surface area (Å²) in [6, 6.07) is 3.19. The van der Waals surface area contributed by atoms with Crippen LogP contribution < -0.4 is 5.32 Å². The third kappa shape index (κ3) is 3.58. The van der Waals surface area contributed by atoms with Crippen LogP contribution in [-0.2, 0) is 0 Å². The fraction of sp³-hybridized carbons (Fsp3) is 0.250. The first-order valence-electron chi connectivity index (χ1n) is 4.04. The van der Waals surface area contributed by atoms with Crippen LogP contribution in [0.1, 0.15) is 0 Å². The van der Waals surface area contributed by atoms with Crippen molar-refractivity contribution in [2.75, 3.05) is 11.9 Å². The zero-order valence-electron chi connectivity index (χ0n) is 7.71. The fourth-order valence-electron chi connectivity index (χ4n) is 0.956. The number of nitro groups is 1. The molecule has 1 aromatic carbocycles. The predicted molar refractivity (Wildman–Crippen MR) is 52.7 cm³/mol. The number of benzene rings is 1. The maximum Gasteiger partial charge on any atom is 0.405 e.